The van der Waals surface area contributed by atoms with Gasteiger partial charge in [0.1, 0.15) is 17.3 Å². The first-order valence-corrected chi connectivity index (χ1v) is 24.1. The van der Waals surface area contributed by atoms with Crippen LogP contribution in [0.5, 0.6) is 5.75 Å². The Balaban J connectivity index is 1.46. The van der Waals surface area contributed by atoms with Gasteiger partial charge in [0.05, 0.1) is 72.1 Å². The first kappa shape index (κ1) is 47.9. The van der Waals surface area contributed by atoms with Crippen molar-refractivity contribution in [2.45, 2.75) is 102 Å². The molecule has 6 rings (SSSR count). The van der Waals surface area contributed by atoms with Crippen molar-refractivity contribution in [3.8, 4) is 5.75 Å². The molecule has 2 heterocycles. The molecule has 3 aromatic carbocycles. The van der Waals surface area contributed by atoms with Gasteiger partial charge in [0.15, 0.2) is 12.3 Å². The molecule has 10 heteroatoms. The molecule has 0 saturated heterocycles. The molecule has 9 nitrogen and oxygen atoms in total. The van der Waals surface area contributed by atoms with E-state index in [1.165, 1.54) is 28.6 Å². The quantitative estimate of drug-likeness (QED) is 0.0826. The number of aryl methyl sites for hydroxylation is 2. The number of ketones is 1. The van der Waals surface area contributed by atoms with Gasteiger partial charge in [0, 0.05) is 53.9 Å². The van der Waals surface area contributed by atoms with Crippen molar-refractivity contribution in [1.82, 2.24) is 0 Å². The average Bonchev–Trinajstić information content (AvgIpc) is 3.52. The van der Waals surface area contributed by atoms with E-state index in [1.54, 1.807) is 13.0 Å². The lowest BCUT2D eigenvalue weighted by atomic mass is 9.81. The van der Waals surface area contributed by atoms with Gasteiger partial charge in [-0.15, -0.1) is 0 Å². The predicted octanol–water partition coefficient (Wildman–Crippen LogP) is 10.0. The van der Waals surface area contributed by atoms with Crippen molar-refractivity contribution in [3.63, 3.8) is 0 Å². The number of fused-ring (bicyclic) bond motifs is 2. The van der Waals surface area contributed by atoms with E-state index in [2.05, 4.69) is 141 Å². The van der Waals surface area contributed by atoms with Crippen molar-refractivity contribution in [1.29, 1.82) is 0 Å². The SMILES string of the molecule is CC(=O)CCc1ccc(OC2=C(/C=C/C3=[N+](CCC[N+](C)(C)C)c4ccc(S(=O)(=O)O)cc4C3(C)C)CCC/C2=C\C=C2\N(CCC[N+](C)(C)C)c3ccc(C)cc3C2(C)C)cc1. The Hall–Kier alpha value is -4.61. The summed E-state index contributed by atoms with van der Waals surface area (Å²) in [6, 6.07) is 20.0. The Bertz CT molecular complexity index is 2490. The number of allylic oxidation sites excluding steroid dienone is 7. The molecule has 1 aliphatic carbocycles. The van der Waals surface area contributed by atoms with Gasteiger partial charge in [-0.05, 0) is 118 Å². The maximum Gasteiger partial charge on any atom is 0.294 e. The summed E-state index contributed by atoms with van der Waals surface area (Å²) in [5.74, 6) is 1.77. The summed E-state index contributed by atoms with van der Waals surface area (Å²) in [5, 5.41) is 0. The van der Waals surface area contributed by atoms with E-state index in [0.717, 1.165) is 112 Å². The first-order chi connectivity index (χ1) is 29.3. The predicted molar refractivity (Wildman–Crippen MR) is 258 cm³/mol. The average molecular weight is 878 g/mol. The molecular weight excluding hydrogens is 805 g/mol. The van der Waals surface area contributed by atoms with Gasteiger partial charge in [-0.3, -0.25) is 4.55 Å². The van der Waals surface area contributed by atoms with Crippen LogP contribution >= 0.6 is 0 Å². The smallest absolute Gasteiger partial charge is 0.294 e. The van der Waals surface area contributed by atoms with Crippen LogP contribution in [0.1, 0.15) is 95.4 Å². The van der Waals surface area contributed by atoms with Crippen molar-refractivity contribution >= 4 is 33.0 Å². The first-order valence-electron chi connectivity index (χ1n) is 22.7. The van der Waals surface area contributed by atoms with E-state index < -0.39 is 15.5 Å². The summed E-state index contributed by atoms with van der Waals surface area (Å²) in [7, 11) is 8.96. The number of ether oxygens (including phenoxy) is 1. The van der Waals surface area contributed by atoms with Gasteiger partial charge in [-0.2, -0.15) is 13.0 Å². The Morgan fingerprint density at radius 2 is 1.52 bits per heavy atom. The van der Waals surface area contributed by atoms with E-state index in [9.17, 15) is 17.8 Å². The third-order valence-electron chi connectivity index (χ3n) is 12.9. The summed E-state index contributed by atoms with van der Waals surface area (Å²) in [4.78, 5) is 14.2. The molecule has 0 atom stereocenters. The topological polar surface area (TPSA) is 86.9 Å². The zero-order chi connectivity index (χ0) is 46.1. The van der Waals surface area contributed by atoms with Crippen LogP contribution in [-0.2, 0) is 32.2 Å². The number of carbonyl (C=O) groups is 1. The van der Waals surface area contributed by atoms with Crippen LogP contribution < -0.4 is 9.64 Å². The third-order valence-corrected chi connectivity index (χ3v) is 13.7. The van der Waals surface area contributed by atoms with E-state index in [0.29, 0.717) is 12.8 Å². The number of benzene rings is 3. The normalized spacial score (nSPS) is 18.8. The lowest BCUT2D eigenvalue weighted by Crippen LogP contribution is -2.37. The minimum absolute atomic E-state index is 0.0941. The summed E-state index contributed by atoms with van der Waals surface area (Å²) >= 11 is 0. The van der Waals surface area contributed by atoms with Crippen LogP contribution in [0, 0.1) is 6.92 Å². The molecule has 0 spiro atoms. The van der Waals surface area contributed by atoms with E-state index >= 15 is 0 Å². The Morgan fingerprint density at radius 3 is 2.17 bits per heavy atom. The number of nitrogens with zero attached hydrogens (tertiary/aromatic N) is 4. The lowest BCUT2D eigenvalue weighted by molar-refractivity contribution is -0.871. The molecule has 2 aliphatic heterocycles. The highest BCUT2D eigenvalue weighted by Gasteiger charge is 2.45. The van der Waals surface area contributed by atoms with Gasteiger partial charge in [-0.1, -0.05) is 49.8 Å². The second kappa shape index (κ2) is 18.5. The molecular formula is C53H73N4O5S+3. The number of carbonyl (C=O) groups excluding carboxylic acids is 1. The Morgan fingerprint density at radius 1 is 0.841 bits per heavy atom. The number of hydrogen-bond donors (Lipinski definition) is 1. The minimum Gasteiger partial charge on any atom is -0.457 e. The number of anilines is 1. The highest BCUT2D eigenvalue weighted by molar-refractivity contribution is 7.85. The fourth-order valence-corrected chi connectivity index (χ4v) is 9.87. The summed E-state index contributed by atoms with van der Waals surface area (Å²) in [6.07, 6.45) is 14.9. The van der Waals surface area contributed by atoms with Gasteiger partial charge in [-0.25, -0.2) is 0 Å². The molecule has 0 radical (unpaired) electrons. The van der Waals surface area contributed by atoms with Crippen LogP contribution in [0.4, 0.5) is 11.4 Å². The van der Waals surface area contributed by atoms with Gasteiger partial charge >= 0.3 is 0 Å². The maximum absolute atomic E-state index is 12.3. The van der Waals surface area contributed by atoms with E-state index in [4.69, 9.17) is 4.74 Å². The molecule has 1 N–H and O–H groups in total. The van der Waals surface area contributed by atoms with Crippen LogP contribution in [0.25, 0.3) is 0 Å². The largest absolute Gasteiger partial charge is 0.457 e. The standard InChI is InChI=1S/C53H72N4O5S/c1-38-18-28-47-45(36-38)52(3,4)49(54(47)32-14-34-56(7,8)9)30-23-41-16-13-17-42(51(41)62-43-25-21-40(22-26-43)20-19-39(2)58)24-31-50-53(5,6)46-37-44(63(59,60)61)27-29-48(46)55(50)33-15-35-57(10,11)12/h18,21-31,36-37H,13-17,19-20,32-35H2,1-12H3/q+2/p+1. The minimum atomic E-state index is -4.38. The number of hydrogen-bond acceptors (Lipinski definition) is 5. The molecule has 0 fully saturated rings. The highest BCUT2D eigenvalue weighted by atomic mass is 32.2. The maximum atomic E-state index is 12.3. The number of Topliss-reactive ketones (excluding diaryl/α,β-unsaturated/α-hetero) is 1. The fourth-order valence-electron chi connectivity index (χ4n) is 9.37. The molecule has 0 saturated carbocycles. The van der Waals surface area contributed by atoms with Crippen LogP contribution in [0.15, 0.2) is 112 Å². The molecule has 338 valence electrons. The Labute approximate surface area is 378 Å². The second-order valence-corrected chi connectivity index (χ2v) is 22.5. The number of quaternary nitrogens is 2. The van der Waals surface area contributed by atoms with Gasteiger partial charge in [0.25, 0.3) is 10.1 Å². The van der Waals surface area contributed by atoms with Gasteiger partial charge < -0.3 is 23.4 Å². The molecule has 3 aromatic rings. The molecule has 3 aliphatic rings. The summed E-state index contributed by atoms with van der Waals surface area (Å²) in [6.45, 7) is 16.5. The van der Waals surface area contributed by atoms with Crippen LogP contribution in [0.2, 0.25) is 0 Å². The Kier molecular flexibility index (Phi) is 14.0. The van der Waals surface area contributed by atoms with Crippen molar-refractivity contribution in [2.24, 2.45) is 0 Å². The monoisotopic (exact) mass is 878 g/mol. The highest BCUT2D eigenvalue weighted by Crippen LogP contribution is 2.48. The number of rotatable bonds is 17. The zero-order valence-electron chi connectivity index (χ0n) is 40.1. The molecule has 0 amide bonds. The van der Waals surface area contributed by atoms with Crippen LogP contribution in [0.3, 0.4) is 0 Å². The van der Waals surface area contributed by atoms with Crippen molar-refractivity contribution < 1.29 is 36.0 Å². The zero-order valence-corrected chi connectivity index (χ0v) is 41.0. The summed E-state index contributed by atoms with van der Waals surface area (Å²) < 4.78 is 45.8. The van der Waals surface area contributed by atoms with Crippen LogP contribution in [-0.4, -0.2) is 106 Å². The second-order valence-electron chi connectivity index (χ2n) is 21.1. The van der Waals surface area contributed by atoms with E-state index in [-0.39, 0.29) is 16.1 Å². The van der Waals surface area contributed by atoms with Crippen molar-refractivity contribution in [3.05, 3.63) is 130 Å². The summed E-state index contributed by atoms with van der Waals surface area (Å²) in [5.41, 5.74) is 10.7. The van der Waals surface area contributed by atoms with Gasteiger partial charge in [0.2, 0.25) is 5.69 Å². The molecule has 0 unspecified atom stereocenters. The third kappa shape index (κ3) is 11.4. The molecule has 63 heavy (non-hydrogen) atoms. The van der Waals surface area contributed by atoms with E-state index in [1.807, 2.05) is 18.2 Å². The molecule has 0 aromatic heterocycles. The lowest BCUT2D eigenvalue weighted by Gasteiger charge is -2.29. The van der Waals surface area contributed by atoms with Crippen molar-refractivity contribution in [2.75, 3.05) is 73.4 Å². The molecule has 0 bridgehead atoms. The fraction of sp³-hybridized carbons (Fsp3) is 0.472.